The molecular formula is C15H20N2O3. The number of hydrogen-bond donors (Lipinski definition) is 2. The summed E-state index contributed by atoms with van der Waals surface area (Å²) in [5.41, 5.74) is 0.308. The van der Waals surface area contributed by atoms with Crippen molar-refractivity contribution in [3.63, 3.8) is 0 Å². The molecule has 2 heterocycles. The zero-order valence-electron chi connectivity index (χ0n) is 11.6. The van der Waals surface area contributed by atoms with Crippen molar-refractivity contribution in [2.75, 3.05) is 20.2 Å². The molecule has 3 rings (SSSR count). The lowest BCUT2D eigenvalue weighted by atomic mass is 10.1. The van der Waals surface area contributed by atoms with Crippen LogP contribution < -0.4 is 10.1 Å². The van der Waals surface area contributed by atoms with Gasteiger partial charge in [-0.05, 0) is 37.9 Å². The minimum absolute atomic E-state index is 0.0388. The second kappa shape index (κ2) is 5.32. The van der Waals surface area contributed by atoms with Gasteiger partial charge in [-0.25, -0.2) is 0 Å². The van der Waals surface area contributed by atoms with Crippen LogP contribution in [0, 0.1) is 0 Å². The molecule has 0 bridgehead atoms. The van der Waals surface area contributed by atoms with Gasteiger partial charge in [0.1, 0.15) is 11.5 Å². The highest BCUT2D eigenvalue weighted by Gasteiger charge is 2.38. The van der Waals surface area contributed by atoms with Gasteiger partial charge >= 0.3 is 0 Å². The van der Waals surface area contributed by atoms with E-state index in [1.807, 2.05) is 0 Å². The molecule has 0 aromatic heterocycles. The number of hydrogen-bond acceptors (Lipinski definition) is 4. The van der Waals surface area contributed by atoms with Crippen molar-refractivity contribution >= 4 is 5.91 Å². The molecule has 0 saturated carbocycles. The van der Waals surface area contributed by atoms with E-state index < -0.39 is 0 Å². The maximum Gasteiger partial charge on any atom is 0.255 e. The van der Waals surface area contributed by atoms with Crippen LogP contribution in [0.25, 0.3) is 0 Å². The van der Waals surface area contributed by atoms with Crippen molar-refractivity contribution < 1.29 is 14.6 Å². The van der Waals surface area contributed by atoms with E-state index in [0.29, 0.717) is 17.4 Å². The zero-order valence-corrected chi connectivity index (χ0v) is 11.6. The topological polar surface area (TPSA) is 61.8 Å². The number of phenols is 1. The van der Waals surface area contributed by atoms with Crippen molar-refractivity contribution in [3.05, 3.63) is 23.8 Å². The molecule has 0 radical (unpaired) electrons. The number of methoxy groups -OCH3 is 1. The Bertz CT molecular complexity index is 518. The van der Waals surface area contributed by atoms with Crippen molar-refractivity contribution in [2.45, 2.75) is 31.3 Å². The fourth-order valence-electron chi connectivity index (χ4n) is 3.33. The van der Waals surface area contributed by atoms with Gasteiger partial charge in [0.05, 0.1) is 12.7 Å². The highest BCUT2D eigenvalue weighted by Crippen LogP contribution is 2.29. The van der Waals surface area contributed by atoms with E-state index in [1.165, 1.54) is 19.6 Å². The predicted octanol–water partition coefficient (Wildman–Crippen LogP) is 1.37. The summed E-state index contributed by atoms with van der Waals surface area (Å²) in [5.74, 6) is 0.300. The minimum Gasteiger partial charge on any atom is -0.507 e. The van der Waals surface area contributed by atoms with Gasteiger partial charge in [-0.3, -0.25) is 9.69 Å². The summed E-state index contributed by atoms with van der Waals surface area (Å²) < 4.78 is 5.02. The van der Waals surface area contributed by atoms with Crippen molar-refractivity contribution in [1.29, 1.82) is 0 Å². The summed E-state index contributed by atoms with van der Waals surface area (Å²) in [7, 11) is 1.53. The van der Waals surface area contributed by atoms with Gasteiger partial charge in [-0.15, -0.1) is 0 Å². The second-order valence-corrected chi connectivity index (χ2v) is 5.50. The van der Waals surface area contributed by atoms with E-state index in [4.69, 9.17) is 4.74 Å². The molecule has 1 aromatic carbocycles. The van der Waals surface area contributed by atoms with Gasteiger partial charge in [-0.2, -0.15) is 0 Å². The van der Waals surface area contributed by atoms with Gasteiger partial charge in [0.2, 0.25) is 0 Å². The number of ether oxygens (including phenoxy) is 1. The molecule has 5 heteroatoms. The first-order valence-corrected chi connectivity index (χ1v) is 7.11. The number of benzene rings is 1. The average molecular weight is 276 g/mol. The number of rotatable bonds is 3. The molecule has 5 nitrogen and oxygen atoms in total. The van der Waals surface area contributed by atoms with Crippen LogP contribution in [0.1, 0.15) is 29.6 Å². The largest absolute Gasteiger partial charge is 0.507 e. The summed E-state index contributed by atoms with van der Waals surface area (Å²) in [6.45, 7) is 2.20. The van der Waals surface area contributed by atoms with E-state index >= 15 is 0 Å². The van der Waals surface area contributed by atoms with E-state index in [0.717, 1.165) is 25.9 Å². The highest BCUT2D eigenvalue weighted by atomic mass is 16.5. The Kier molecular flexibility index (Phi) is 3.53. The van der Waals surface area contributed by atoms with Crippen molar-refractivity contribution in [3.8, 4) is 11.5 Å². The van der Waals surface area contributed by atoms with Crippen LogP contribution in [0.2, 0.25) is 0 Å². The maximum atomic E-state index is 12.3. The summed E-state index contributed by atoms with van der Waals surface area (Å²) in [6, 6.07) is 5.42. The van der Waals surface area contributed by atoms with Crippen molar-refractivity contribution in [2.24, 2.45) is 0 Å². The van der Waals surface area contributed by atoms with Gasteiger partial charge in [-0.1, -0.05) is 0 Å². The van der Waals surface area contributed by atoms with Crippen LogP contribution >= 0.6 is 0 Å². The van der Waals surface area contributed by atoms with E-state index in [-0.39, 0.29) is 17.7 Å². The number of fused-ring (bicyclic) bond motifs is 1. The lowest BCUT2D eigenvalue weighted by Gasteiger charge is -2.21. The SMILES string of the molecule is COc1ccc(C(=O)NC2CCN3CCCC23)c(O)c1. The molecule has 2 unspecified atom stereocenters. The predicted molar refractivity (Wildman–Crippen MR) is 75.1 cm³/mol. The standard InChI is InChI=1S/C15H20N2O3/c1-20-10-4-5-11(14(18)9-10)15(19)16-12-6-8-17-7-2-3-13(12)17/h4-5,9,12-13,18H,2-3,6-8H2,1H3,(H,16,19). The van der Waals surface area contributed by atoms with Crippen LogP contribution in [0.5, 0.6) is 11.5 Å². The number of phenolic OH excluding ortho intramolecular Hbond substituents is 1. The molecule has 2 atom stereocenters. The van der Waals surface area contributed by atoms with Crippen LogP contribution in [-0.4, -0.2) is 48.2 Å². The molecule has 1 amide bonds. The first-order chi connectivity index (χ1) is 9.69. The van der Waals surface area contributed by atoms with Gasteiger partial charge in [0.15, 0.2) is 0 Å². The smallest absolute Gasteiger partial charge is 0.255 e. The molecule has 2 aliphatic heterocycles. The van der Waals surface area contributed by atoms with E-state index in [1.54, 1.807) is 12.1 Å². The Morgan fingerprint density at radius 3 is 3.00 bits per heavy atom. The molecule has 2 saturated heterocycles. The quantitative estimate of drug-likeness (QED) is 0.875. The third-order valence-electron chi connectivity index (χ3n) is 4.37. The summed E-state index contributed by atoms with van der Waals surface area (Å²) >= 11 is 0. The van der Waals surface area contributed by atoms with E-state index in [9.17, 15) is 9.90 Å². The number of nitrogens with zero attached hydrogens (tertiary/aromatic N) is 1. The molecule has 0 spiro atoms. The second-order valence-electron chi connectivity index (χ2n) is 5.50. The van der Waals surface area contributed by atoms with Gasteiger partial charge < -0.3 is 15.2 Å². The molecule has 1 aromatic rings. The zero-order chi connectivity index (χ0) is 14.1. The van der Waals surface area contributed by atoms with Crippen molar-refractivity contribution in [1.82, 2.24) is 10.2 Å². The number of carbonyl (C=O) groups is 1. The summed E-state index contributed by atoms with van der Waals surface area (Å²) in [6.07, 6.45) is 3.36. The average Bonchev–Trinajstić information content (AvgIpc) is 3.03. The van der Waals surface area contributed by atoms with Crippen LogP contribution in [-0.2, 0) is 0 Å². The third-order valence-corrected chi connectivity index (χ3v) is 4.37. The van der Waals surface area contributed by atoms with E-state index in [2.05, 4.69) is 10.2 Å². The Morgan fingerprint density at radius 2 is 2.25 bits per heavy atom. The first kappa shape index (κ1) is 13.2. The lowest BCUT2D eigenvalue weighted by Crippen LogP contribution is -2.42. The van der Waals surface area contributed by atoms with Gasteiger partial charge in [0, 0.05) is 24.7 Å². The van der Waals surface area contributed by atoms with Crippen LogP contribution in [0.3, 0.4) is 0 Å². The van der Waals surface area contributed by atoms with Crippen LogP contribution in [0.4, 0.5) is 0 Å². The monoisotopic (exact) mass is 276 g/mol. The minimum atomic E-state index is -0.205. The van der Waals surface area contributed by atoms with Crippen LogP contribution in [0.15, 0.2) is 18.2 Å². The number of amides is 1. The molecular weight excluding hydrogens is 256 g/mol. The fraction of sp³-hybridized carbons (Fsp3) is 0.533. The highest BCUT2D eigenvalue weighted by molar-refractivity contribution is 5.97. The summed E-state index contributed by atoms with van der Waals surface area (Å²) in [5, 5.41) is 13.0. The van der Waals surface area contributed by atoms with Gasteiger partial charge in [0.25, 0.3) is 5.91 Å². The Balaban J connectivity index is 1.70. The maximum absolute atomic E-state index is 12.3. The molecule has 0 aliphatic carbocycles. The Labute approximate surface area is 118 Å². The lowest BCUT2D eigenvalue weighted by molar-refractivity contribution is 0.0927. The number of nitrogens with one attached hydrogen (secondary N) is 1. The molecule has 20 heavy (non-hydrogen) atoms. The first-order valence-electron chi connectivity index (χ1n) is 7.11. The third kappa shape index (κ3) is 2.33. The Morgan fingerprint density at radius 1 is 1.40 bits per heavy atom. The molecule has 108 valence electrons. The number of aromatic hydroxyl groups is 1. The normalized spacial score (nSPS) is 25.4. The molecule has 2 N–H and O–H groups in total. The summed E-state index contributed by atoms with van der Waals surface area (Å²) in [4.78, 5) is 14.7. The Hall–Kier alpha value is -1.75. The molecule has 2 fully saturated rings. The fourth-order valence-corrected chi connectivity index (χ4v) is 3.33. The molecule has 2 aliphatic rings. The number of carbonyl (C=O) groups excluding carboxylic acids is 1.